The number of amides is 1. The molecule has 1 aliphatic rings. The van der Waals surface area contributed by atoms with E-state index in [2.05, 4.69) is 0 Å². The van der Waals surface area contributed by atoms with E-state index in [1.54, 1.807) is 35.2 Å². The Labute approximate surface area is 160 Å². The molecule has 0 N–H and O–H groups in total. The van der Waals surface area contributed by atoms with Gasteiger partial charge in [0.1, 0.15) is 0 Å². The Morgan fingerprint density at radius 1 is 1.16 bits per heavy atom. The van der Waals surface area contributed by atoms with Crippen LogP contribution in [0.5, 0.6) is 0 Å². The number of benzene rings is 2. The number of rotatable bonds is 3. The second kappa shape index (κ2) is 6.80. The molecule has 1 amide bonds. The molecule has 8 heteroatoms. The van der Waals surface area contributed by atoms with Crippen LogP contribution in [0.3, 0.4) is 0 Å². The predicted molar refractivity (Wildman–Crippen MR) is 98.6 cm³/mol. The molecule has 0 saturated heterocycles. The number of halogens is 3. The number of carbonyl (C=O) groups is 1. The fourth-order valence-electron chi connectivity index (χ4n) is 3.10. The smallest absolute Gasteiger partial charge is 0.261 e. The van der Waals surface area contributed by atoms with E-state index >= 15 is 0 Å². The summed E-state index contributed by atoms with van der Waals surface area (Å²) in [6.45, 7) is 2.03. The fraction of sp³-hybridized carbons (Fsp3) is 0.235. The minimum absolute atomic E-state index is 0.0415. The van der Waals surface area contributed by atoms with E-state index in [1.807, 2.05) is 6.92 Å². The lowest BCUT2D eigenvalue weighted by atomic mass is 10.1. The average Bonchev–Trinajstić information content (AvgIpc) is 2.87. The summed E-state index contributed by atoms with van der Waals surface area (Å²) >= 11 is 12.3. The highest BCUT2D eigenvalue weighted by Gasteiger charge is 2.34. The molecule has 0 fully saturated rings. The molecule has 1 aliphatic heterocycles. The minimum Gasteiger partial charge on any atom is -0.331 e. The maximum absolute atomic E-state index is 12.8. The van der Waals surface area contributed by atoms with E-state index in [-0.39, 0.29) is 29.8 Å². The van der Waals surface area contributed by atoms with Crippen LogP contribution in [-0.2, 0) is 26.8 Å². The summed E-state index contributed by atoms with van der Waals surface area (Å²) < 4.78 is 23.6. The molecule has 2 aromatic rings. The zero-order valence-corrected chi connectivity index (χ0v) is 16.3. The van der Waals surface area contributed by atoms with Crippen molar-refractivity contribution in [3.8, 4) is 0 Å². The topological polar surface area (TPSA) is 54.5 Å². The number of nitrogens with zero attached hydrogens (tertiary/aromatic N) is 1. The van der Waals surface area contributed by atoms with Crippen LogP contribution < -0.4 is 0 Å². The van der Waals surface area contributed by atoms with Crippen molar-refractivity contribution in [2.75, 3.05) is 0 Å². The van der Waals surface area contributed by atoms with Crippen molar-refractivity contribution >= 4 is 48.8 Å². The molecule has 0 saturated carbocycles. The minimum atomic E-state index is -3.88. The molecule has 25 heavy (non-hydrogen) atoms. The first kappa shape index (κ1) is 18.5. The Kier molecular flexibility index (Phi) is 5.04. The molecule has 0 spiro atoms. The number of hydrogen-bond acceptors (Lipinski definition) is 3. The van der Waals surface area contributed by atoms with Gasteiger partial charge in [-0.15, -0.1) is 0 Å². The Morgan fingerprint density at radius 3 is 2.36 bits per heavy atom. The lowest BCUT2D eigenvalue weighted by Crippen LogP contribution is -2.29. The molecule has 132 valence electrons. The fourth-order valence-corrected chi connectivity index (χ4v) is 4.79. The van der Waals surface area contributed by atoms with E-state index < -0.39 is 9.05 Å². The van der Waals surface area contributed by atoms with Crippen LogP contribution in [-0.4, -0.2) is 19.2 Å². The van der Waals surface area contributed by atoms with Crippen molar-refractivity contribution in [2.24, 2.45) is 0 Å². The largest absolute Gasteiger partial charge is 0.331 e. The summed E-state index contributed by atoms with van der Waals surface area (Å²) in [5, 5.41) is 0.850. The number of fused-ring (bicyclic) bond motifs is 1. The molecule has 0 bridgehead atoms. The van der Waals surface area contributed by atoms with Gasteiger partial charge in [0.05, 0.1) is 17.4 Å². The molecule has 0 radical (unpaired) electrons. The van der Waals surface area contributed by atoms with Gasteiger partial charge in [-0.1, -0.05) is 41.4 Å². The van der Waals surface area contributed by atoms with Gasteiger partial charge in [-0.2, -0.15) is 0 Å². The van der Waals surface area contributed by atoms with Crippen LogP contribution in [0, 0.1) is 0 Å². The van der Waals surface area contributed by atoms with E-state index in [4.69, 9.17) is 33.9 Å². The Balaban J connectivity index is 1.92. The predicted octanol–water partition coefficient (Wildman–Crippen LogP) is 4.57. The zero-order valence-electron chi connectivity index (χ0n) is 13.2. The molecular weight excluding hydrogens is 405 g/mol. The molecular formula is C17H14Cl3NO3S. The molecule has 0 aliphatic carbocycles. The summed E-state index contributed by atoms with van der Waals surface area (Å²) in [5.74, 6) is -0.184. The third-order valence-corrected chi connectivity index (χ3v) is 6.50. The van der Waals surface area contributed by atoms with Crippen LogP contribution in [0.4, 0.5) is 0 Å². The van der Waals surface area contributed by atoms with E-state index in [1.165, 1.54) is 6.07 Å². The van der Waals surface area contributed by atoms with Crippen LogP contribution >= 0.6 is 33.9 Å². The Bertz CT molecular complexity index is 939. The van der Waals surface area contributed by atoms with Crippen molar-refractivity contribution in [1.82, 2.24) is 4.90 Å². The number of carbonyl (C=O) groups excluding carboxylic acids is 1. The first-order chi connectivity index (χ1) is 11.7. The maximum Gasteiger partial charge on any atom is 0.261 e. The van der Waals surface area contributed by atoms with Gasteiger partial charge in [0.2, 0.25) is 5.91 Å². The molecule has 4 nitrogen and oxygen atoms in total. The standard InChI is InChI=1S/C17H14Cl3NO3S/c1-10-11-4-2-7-16(25(20,23)24)13(11)9-21(10)17(22)8-12-14(18)5-3-6-15(12)19/h2-7,10H,8-9H2,1H3. The second-order valence-corrected chi connectivity index (χ2v) is 9.19. The highest BCUT2D eigenvalue weighted by Crippen LogP contribution is 2.38. The van der Waals surface area contributed by atoms with Gasteiger partial charge >= 0.3 is 0 Å². The van der Waals surface area contributed by atoms with Gasteiger partial charge < -0.3 is 4.90 Å². The Hall–Kier alpha value is -1.27. The molecule has 3 rings (SSSR count). The highest BCUT2D eigenvalue weighted by atomic mass is 35.7. The summed E-state index contributed by atoms with van der Waals surface area (Å²) in [6, 6.07) is 9.69. The van der Waals surface area contributed by atoms with Crippen LogP contribution in [0.2, 0.25) is 10.0 Å². The van der Waals surface area contributed by atoms with Gasteiger partial charge in [0, 0.05) is 27.3 Å². The quantitative estimate of drug-likeness (QED) is 0.686. The summed E-state index contributed by atoms with van der Waals surface area (Å²) in [6.07, 6.45) is 0.0415. The molecule has 1 unspecified atom stereocenters. The molecule has 1 heterocycles. The maximum atomic E-state index is 12.8. The van der Waals surface area contributed by atoms with Crippen molar-refractivity contribution in [1.29, 1.82) is 0 Å². The number of hydrogen-bond donors (Lipinski definition) is 0. The van der Waals surface area contributed by atoms with Crippen molar-refractivity contribution < 1.29 is 13.2 Å². The third kappa shape index (κ3) is 3.51. The van der Waals surface area contributed by atoms with Gasteiger partial charge in [-0.05, 0) is 41.8 Å². The van der Waals surface area contributed by atoms with Gasteiger partial charge in [0.15, 0.2) is 0 Å². The average molecular weight is 419 g/mol. The molecule has 0 aromatic heterocycles. The van der Waals surface area contributed by atoms with Crippen LogP contribution in [0.15, 0.2) is 41.3 Å². The van der Waals surface area contributed by atoms with E-state index in [9.17, 15) is 13.2 Å². The van der Waals surface area contributed by atoms with Crippen LogP contribution in [0.1, 0.15) is 29.7 Å². The lowest BCUT2D eigenvalue weighted by Gasteiger charge is -2.22. The van der Waals surface area contributed by atoms with E-state index in [0.717, 1.165) is 5.56 Å². The molecule has 1 atom stereocenters. The second-order valence-electron chi connectivity index (χ2n) is 5.84. The summed E-state index contributed by atoms with van der Waals surface area (Å²) in [5.41, 5.74) is 1.90. The lowest BCUT2D eigenvalue weighted by molar-refractivity contribution is -0.132. The van der Waals surface area contributed by atoms with Crippen molar-refractivity contribution in [2.45, 2.75) is 30.8 Å². The summed E-state index contributed by atoms with van der Waals surface area (Å²) in [4.78, 5) is 14.4. The zero-order chi connectivity index (χ0) is 18.4. The van der Waals surface area contributed by atoms with Gasteiger partial charge in [0.25, 0.3) is 9.05 Å². The SMILES string of the molecule is CC1c2cccc(S(=O)(=O)Cl)c2CN1C(=O)Cc1c(Cl)cccc1Cl. The monoisotopic (exact) mass is 417 g/mol. The normalized spacial score (nSPS) is 16.8. The highest BCUT2D eigenvalue weighted by molar-refractivity contribution is 8.13. The van der Waals surface area contributed by atoms with Crippen molar-refractivity contribution in [3.63, 3.8) is 0 Å². The Morgan fingerprint density at radius 2 is 1.76 bits per heavy atom. The van der Waals surface area contributed by atoms with Gasteiger partial charge in [-0.3, -0.25) is 4.79 Å². The van der Waals surface area contributed by atoms with Crippen LogP contribution in [0.25, 0.3) is 0 Å². The van der Waals surface area contributed by atoms with Crippen molar-refractivity contribution in [3.05, 3.63) is 63.1 Å². The molecule has 2 aromatic carbocycles. The van der Waals surface area contributed by atoms with E-state index in [0.29, 0.717) is 21.2 Å². The first-order valence-electron chi connectivity index (χ1n) is 7.49. The third-order valence-electron chi connectivity index (χ3n) is 4.39. The summed E-state index contributed by atoms with van der Waals surface area (Å²) in [7, 11) is 1.64. The van der Waals surface area contributed by atoms with Gasteiger partial charge in [-0.25, -0.2) is 8.42 Å². The first-order valence-corrected chi connectivity index (χ1v) is 10.6.